The lowest BCUT2D eigenvalue weighted by molar-refractivity contribution is -0.141. The first-order chi connectivity index (χ1) is 13.2. The van der Waals surface area contributed by atoms with Crippen LogP contribution in [-0.2, 0) is 21.5 Å². The first kappa shape index (κ1) is 20.6. The molecule has 0 radical (unpaired) electrons. The van der Waals surface area contributed by atoms with Gasteiger partial charge in [-0.15, -0.1) is 0 Å². The lowest BCUT2D eigenvalue weighted by Gasteiger charge is -2.33. The van der Waals surface area contributed by atoms with Gasteiger partial charge in [-0.1, -0.05) is 55.2 Å². The van der Waals surface area contributed by atoms with Crippen molar-refractivity contribution in [2.24, 2.45) is 5.92 Å². The SMILES string of the molecule is CC(C)CC(NC1(Cc2cccc(Cl)c2)C(=O)Nc2cc(Cl)ccc21)C(=O)O. The zero-order valence-electron chi connectivity index (χ0n) is 15.6. The van der Waals surface area contributed by atoms with Crippen LogP contribution in [0.4, 0.5) is 5.69 Å². The third-order valence-electron chi connectivity index (χ3n) is 4.86. The lowest BCUT2D eigenvalue weighted by Crippen LogP contribution is -2.56. The molecule has 3 rings (SSSR count). The summed E-state index contributed by atoms with van der Waals surface area (Å²) >= 11 is 12.2. The van der Waals surface area contributed by atoms with E-state index in [0.717, 1.165) is 5.56 Å². The number of nitrogens with one attached hydrogen (secondary N) is 2. The van der Waals surface area contributed by atoms with Gasteiger partial charge in [0, 0.05) is 27.7 Å². The van der Waals surface area contributed by atoms with Crippen LogP contribution in [0.15, 0.2) is 42.5 Å². The molecule has 3 N–H and O–H groups in total. The number of anilines is 1. The van der Waals surface area contributed by atoms with Crippen molar-refractivity contribution in [2.75, 3.05) is 5.32 Å². The maximum atomic E-state index is 13.2. The molecule has 2 unspecified atom stereocenters. The number of halogens is 2. The van der Waals surface area contributed by atoms with Gasteiger partial charge in [-0.05, 0) is 42.2 Å². The highest BCUT2D eigenvalue weighted by Gasteiger charge is 2.49. The van der Waals surface area contributed by atoms with Crippen molar-refractivity contribution in [1.29, 1.82) is 0 Å². The lowest BCUT2D eigenvalue weighted by atomic mass is 9.83. The smallest absolute Gasteiger partial charge is 0.320 e. The molecular weight excluding hydrogens is 399 g/mol. The molecule has 7 heteroatoms. The van der Waals surface area contributed by atoms with Gasteiger partial charge in [-0.25, -0.2) is 0 Å². The van der Waals surface area contributed by atoms with Gasteiger partial charge in [0.15, 0.2) is 0 Å². The van der Waals surface area contributed by atoms with Crippen LogP contribution in [0.5, 0.6) is 0 Å². The monoisotopic (exact) mass is 420 g/mol. The van der Waals surface area contributed by atoms with Crippen molar-refractivity contribution in [3.8, 4) is 0 Å². The fourth-order valence-electron chi connectivity index (χ4n) is 3.66. The molecular formula is C21H22Cl2N2O3. The summed E-state index contributed by atoms with van der Waals surface area (Å²) in [5.41, 5.74) is 0.854. The van der Waals surface area contributed by atoms with Gasteiger partial charge in [-0.2, -0.15) is 0 Å². The van der Waals surface area contributed by atoms with Crippen LogP contribution in [-0.4, -0.2) is 23.0 Å². The molecule has 0 bridgehead atoms. The predicted molar refractivity (Wildman–Crippen MR) is 111 cm³/mol. The second-order valence-electron chi connectivity index (χ2n) is 7.52. The molecule has 1 amide bonds. The number of aliphatic carboxylic acids is 1. The molecule has 5 nitrogen and oxygen atoms in total. The standard InChI is InChI=1S/C21H22Cl2N2O3/c1-12(2)8-18(19(26)27)25-21(11-13-4-3-5-14(22)9-13)16-7-6-15(23)10-17(16)24-20(21)28/h3-7,9-10,12,18,25H,8,11H2,1-2H3,(H,24,28)(H,26,27). The zero-order chi connectivity index (χ0) is 20.5. The molecule has 1 aliphatic heterocycles. The van der Waals surface area contributed by atoms with Crippen LogP contribution in [0.1, 0.15) is 31.4 Å². The Morgan fingerprint density at radius 2 is 1.89 bits per heavy atom. The van der Waals surface area contributed by atoms with Crippen LogP contribution in [0, 0.1) is 5.92 Å². The summed E-state index contributed by atoms with van der Waals surface area (Å²) in [7, 11) is 0. The number of amides is 1. The molecule has 148 valence electrons. The molecule has 1 heterocycles. The van der Waals surface area contributed by atoms with E-state index in [1.807, 2.05) is 26.0 Å². The van der Waals surface area contributed by atoms with Gasteiger partial charge in [0.1, 0.15) is 11.6 Å². The minimum Gasteiger partial charge on any atom is -0.480 e. The molecule has 28 heavy (non-hydrogen) atoms. The van der Waals surface area contributed by atoms with Crippen molar-refractivity contribution in [3.05, 3.63) is 63.6 Å². The molecule has 2 atom stereocenters. The molecule has 0 aromatic heterocycles. The predicted octanol–water partition coefficient (Wildman–Crippen LogP) is 4.47. The van der Waals surface area contributed by atoms with Crippen LogP contribution < -0.4 is 10.6 Å². The second kappa shape index (κ2) is 8.11. The van der Waals surface area contributed by atoms with Gasteiger partial charge in [0.2, 0.25) is 5.91 Å². The largest absolute Gasteiger partial charge is 0.480 e. The van der Waals surface area contributed by atoms with E-state index < -0.39 is 17.6 Å². The number of hydrogen-bond donors (Lipinski definition) is 3. The van der Waals surface area contributed by atoms with Crippen molar-refractivity contribution in [1.82, 2.24) is 5.32 Å². The van der Waals surface area contributed by atoms with Crippen molar-refractivity contribution in [3.63, 3.8) is 0 Å². The average Bonchev–Trinajstić information content (AvgIpc) is 2.84. The minimum atomic E-state index is -1.23. The van der Waals surface area contributed by atoms with Crippen LogP contribution in [0.25, 0.3) is 0 Å². The number of hydrogen-bond acceptors (Lipinski definition) is 3. The molecule has 0 fully saturated rings. The summed E-state index contributed by atoms with van der Waals surface area (Å²) < 4.78 is 0. The summed E-state index contributed by atoms with van der Waals surface area (Å²) in [6.45, 7) is 3.90. The van der Waals surface area contributed by atoms with Crippen LogP contribution >= 0.6 is 23.2 Å². The van der Waals surface area contributed by atoms with E-state index >= 15 is 0 Å². The molecule has 0 spiro atoms. The number of fused-ring (bicyclic) bond motifs is 1. The van der Waals surface area contributed by atoms with Gasteiger partial charge in [0.25, 0.3) is 0 Å². The summed E-state index contributed by atoms with van der Waals surface area (Å²) in [6, 6.07) is 11.5. The molecule has 0 aliphatic carbocycles. The Morgan fingerprint density at radius 3 is 2.54 bits per heavy atom. The molecule has 1 aliphatic rings. The highest BCUT2D eigenvalue weighted by molar-refractivity contribution is 6.31. The Hall–Kier alpha value is -2.08. The minimum absolute atomic E-state index is 0.144. The summed E-state index contributed by atoms with van der Waals surface area (Å²) in [6.07, 6.45) is 0.652. The third kappa shape index (κ3) is 4.17. The number of carboxylic acid groups (broad SMARTS) is 1. The van der Waals surface area contributed by atoms with E-state index in [1.165, 1.54) is 0 Å². The van der Waals surface area contributed by atoms with Gasteiger partial charge >= 0.3 is 5.97 Å². The first-order valence-electron chi connectivity index (χ1n) is 9.07. The van der Waals surface area contributed by atoms with Crippen LogP contribution in [0.3, 0.4) is 0 Å². The van der Waals surface area contributed by atoms with Gasteiger partial charge in [0.05, 0.1) is 0 Å². The molecule has 0 saturated carbocycles. The van der Waals surface area contributed by atoms with Gasteiger partial charge in [-0.3, -0.25) is 14.9 Å². The summed E-state index contributed by atoms with van der Waals surface area (Å²) in [4.78, 5) is 25.1. The summed E-state index contributed by atoms with van der Waals surface area (Å²) in [5, 5.41) is 16.8. The van der Waals surface area contributed by atoms with E-state index in [-0.39, 0.29) is 18.2 Å². The second-order valence-corrected chi connectivity index (χ2v) is 8.39. The molecule has 0 saturated heterocycles. The van der Waals surface area contributed by atoms with Crippen molar-refractivity contribution >= 4 is 40.8 Å². The third-order valence-corrected chi connectivity index (χ3v) is 5.33. The van der Waals surface area contributed by atoms with Crippen LogP contribution in [0.2, 0.25) is 10.0 Å². The normalized spacial score (nSPS) is 19.4. The van der Waals surface area contributed by atoms with E-state index in [2.05, 4.69) is 10.6 Å². The first-order valence-corrected chi connectivity index (χ1v) is 9.83. The average molecular weight is 421 g/mol. The van der Waals surface area contributed by atoms with Gasteiger partial charge < -0.3 is 10.4 Å². The fourth-order valence-corrected chi connectivity index (χ4v) is 4.04. The van der Waals surface area contributed by atoms with E-state index in [0.29, 0.717) is 27.7 Å². The number of carboxylic acids is 1. The van der Waals surface area contributed by atoms with Crippen molar-refractivity contribution in [2.45, 2.75) is 38.3 Å². The van der Waals surface area contributed by atoms with E-state index in [1.54, 1.807) is 30.3 Å². The maximum absolute atomic E-state index is 13.2. The number of carbonyl (C=O) groups excluding carboxylic acids is 1. The highest BCUT2D eigenvalue weighted by atomic mass is 35.5. The zero-order valence-corrected chi connectivity index (χ0v) is 17.1. The number of benzene rings is 2. The molecule has 2 aromatic carbocycles. The Kier molecular flexibility index (Phi) is 5.98. The van der Waals surface area contributed by atoms with Crippen molar-refractivity contribution < 1.29 is 14.7 Å². The Labute approximate surface area is 174 Å². The Balaban J connectivity index is 2.09. The summed E-state index contributed by atoms with van der Waals surface area (Å²) in [5.74, 6) is -1.15. The molecule has 2 aromatic rings. The van der Waals surface area contributed by atoms with E-state index in [4.69, 9.17) is 23.2 Å². The fraction of sp³-hybridized carbons (Fsp3) is 0.333. The Bertz CT molecular complexity index is 916. The number of rotatable bonds is 7. The highest BCUT2D eigenvalue weighted by Crippen LogP contribution is 2.40. The van der Waals surface area contributed by atoms with E-state index in [9.17, 15) is 14.7 Å². The quantitative estimate of drug-likeness (QED) is 0.617. The Morgan fingerprint density at radius 1 is 1.18 bits per heavy atom. The maximum Gasteiger partial charge on any atom is 0.320 e. The topological polar surface area (TPSA) is 78.4 Å². The number of carbonyl (C=O) groups is 2.